The maximum absolute atomic E-state index is 12.0. The zero-order chi connectivity index (χ0) is 12.6. The maximum Gasteiger partial charge on any atom is 0.271 e. The van der Waals surface area contributed by atoms with Crippen molar-refractivity contribution in [3.63, 3.8) is 0 Å². The second-order valence-corrected chi connectivity index (χ2v) is 4.61. The third kappa shape index (κ3) is 1.95. The van der Waals surface area contributed by atoms with Crippen molar-refractivity contribution in [1.29, 1.82) is 0 Å². The molecule has 1 aliphatic rings. The predicted octanol–water partition coefficient (Wildman–Crippen LogP) is -0.671. The Bertz CT molecular complexity index is 469. The molecule has 92 valence electrons. The number of anilines is 1. The van der Waals surface area contributed by atoms with Crippen LogP contribution < -0.4 is 11.5 Å². The zero-order valence-corrected chi connectivity index (χ0v) is 9.56. The van der Waals surface area contributed by atoms with Gasteiger partial charge >= 0.3 is 0 Å². The molecule has 2 amide bonds. The van der Waals surface area contributed by atoms with E-state index in [0.29, 0.717) is 25.2 Å². The smallest absolute Gasteiger partial charge is 0.271 e. The number of carbonyl (C=O) groups excluding carboxylic acids is 2. The van der Waals surface area contributed by atoms with Crippen LogP contribution in [0.2, 0.25) is 0 Å². The van der Waals surface area contributed by atoms with Crippen molar-refractivity contribution in [1.82, 2.24) is 15.1 Å². The summed E-state index contributed by atoms with van der Waals surface area (Å²) in [5, 5.41) is 6.25. The molecule has 1 unspecified atom stereocenters. The van der Waals surface area contributed by atoms with Crippen LogP contribution in [0.3, 0.4) is 0 Å². The van der Waals surface area contributed by atoms with Crippen LogP contribution in [0, 0.1) is 5.41 Å². The fraction of sp³-hybridized carbons (Fsp3) is 0.500. The molecule has 17 heavy (non-hydrogen) atoms. The average Bonchev–Trinajstić information content (AvgIpc) is 2.85. The summed E-state index contributed by atoms with van der Waals surface area (Å²) in [4.78, 5) is 24.9. The molecule has 2 rings (SSSR count). The predicted molar refractivity (Wildman–Crippen MR) is 60.8 cm³/mol. The highest BCUT2D eigenvalue weighted by molar-refractivity contribution is 5.94. The van der Waals surface area contributed by atoms with Gasteiger partial charge in [0.15, 0.2) is 0 Å². The molecule has 0 saturated carbocycles. The zero-order valence-electron chi connectivity index (χ0n) is 9.56. The van der Waals surface area contributed by atoms with Crippen LogP contribution in [0.5, 0.6) is 0 Å². The van der Waals surface area contributed by atoms with E-state index < -0.39 is 5.41 Å². The van der Waals surface area contributed by atoms with E-state index in [1.165, 1.54) is 6.07 Å². The maximum atomic E-state index is 12.0. The lowest BCUT2D eigenvalue weighted by Crippen LogP contribution is -2.38. The van der Waals surface area contributed by atoms with Gasteiger partial charge in [-0.05, 0) is 13.3 Å². The van der Waals surface area contributed by atoms with Crippen LogP contribution in [0.25, 0.3) is 0 Å². The first-order valence-electron chi connectivity index (χ1n) is 5.32. The average molecular weight is 237 g/mol. The van der Waals surface area contributed by atoms with Gasteiger partial charge in [-0.25, -0.2) is 0 Å². The Kier molecular flexibility index (Phi) is 2.53. The van der Waals surface area contributed by atoms with E-state index in [-0.39, 0.29) is 17.6 Å². The van der Waals surface area contributed by atoms with Gasteiger partial charge in [-0.3, -0.25) is 14.7 Å². The largest absolute Gasteiger partial charge is 0.382 e. The highest BCUT2D eigenvalue weighted by Gasteiger charge is 2.41. The van der Waals surface area contributed by atoms with E-state index in [1.807, 2.05) is 0 Å². The summed E-state index contributed by atoms with van der Waals surface area (Å²) in [5.41, 5.74) is 10.4. The Morgan fingerprint density at radius 3 is 2.76 bits per heavy atom. The van der Waals surface area contributed by atoms with E-state index in [9.17, 15) is 9.59 Å². The summed E-state index contributed by atoms with van der Waals surface area (Å²) in [7, 11) is 0. The van der Waals surface area contributed by atoms with Crippen molar-refractivity contribution < 1.29 is 9.59 Å². The number of hydrogen-bond acceptors (Lipinski definition) is 4. The fourth-order valence-electron chi connectivity index (χ4n) is 1.95. The molecule has 0 aliphatic carbocycles. The number of aromatic nitrogens is 2. The Balaban J connectivity index is 2.11. The number of nitrogens with two attached hydrogens (primary N) is 2. The van der Waals surface area contributed by atoms with Crippen LogP contribution in [0.15, 0.2) is 6.07 Å². The molecule has 1 aromatic rings. The van der Waals surface area contributed by atoms with Crippen molar-refractivity contribution >= 4 is 17.6 Å². The third-order valence-electron chi connectivity index (χ3n) is 3.18. The molecular weight excluding hydrogens is 222 g/mol. The Labute approximate surface area is 98.1 Å². The molecular formula is C10H15N5O2. The number of likely N-dealkylation sites (tertiary alicyclic amines) is 1. The van der Waals surface area contributed by atoms with E-state index in [2.05, 4.69) is 10.2 Å². The van der Waals surface area contributed by atoms with Crippen LogP contribution >= 0.6 is 0 Å². The Morgan fingerprint density at radius 2 is 2.29 bits per heavy atom. The molecule has 0 bridgehead atoms. The number of aromatic amines is 1. The topological polar surface area (TPSA) is 118 Å². The number of H-pyrrole nitrogens is 1. The molecule has 1 saturated heterocycles. The Hall–Kier alpha value is -2.05. The molecule has 1 aromatic heterocycles. The SMILES string of the molecule is CC1(C(N)=O)CCN(C(=O)c2cc(N)n[nH]2)C1. The van der Waals surface area contributed by atoms with Gasteiger partial charge in [0, 0.05) is 19.2 Å². The molecule has 1 fully saturated rings. The number of nitrogens with zero attached hydrogens (tertiary/aromatic N) is 2. The van der Waals surface area contributed by atoms with Crippen molar-refractivity contribution in [3.8, 4) is 0 Å². The molecule has 0 aromatic carbocycles. The number of hydrogen-bond donors (Lipinski definition) is 3. The summed E-state index contributed by atoms with van der Waals surface area (Å²) >= 11 is 0. The first-order valence-corrected chi connectivity index (χ1v) is 5.32. The molecule has 7 heteroatoms. The second-order valence-electron chi connectivity index (χ2n) is 4.61. The van der Waals surface area contributed by atoms with E-state index >= 15 is 0 Å². The van der Waals surface area contributed by atoms with Crippen LogP contribution in [-0.4, -0.2) is 40.0 Å². The lowest BCUT2D eigenvalue weighted by Gasteiger charge is -2.20. The van der Waals surface area contributed by atoms with Gasteiger partial charge in [0.2, 0.25) is 5.91 Å². The first-order chi connectivity index (χ1) is 7.92. The van der Waals surface area contributed by atoms with Gasteiger partial charge in [-0.15, -0.1) is 0 Å². The molecule has 1 atom stereocenters. The van der Waals surface area contributed by atoms with Gasteiger partial charge in [0.25, 0.3) is 5.91 Å². The number of carbonyl (C=O) groups is 2. The van der Waals surface area contributed by atoms with Crippen molar-refractivity contribution in [3.05, 3.63) is 11.8 Å². The first kappa shape index (κ1) is 11.4. The van der Waals surface area contributed by atoms with E-state index in [1.54, 1.807) is 11.8 Å². The van der Waals surface area contributed by atoms with E-state index in [4.69, 9.17) is 11.5 Å². The highest BCUT2D eigenvalue weighted by atomic mass is 16.2. The van der Waals surface area contributed by atoms with Crippen molar-refractivity contribution in [2.45, 2.75) is 13.3 Å². The van der Waals surface area contributed by atoms with Gasteiger partial charge in [0.1, 0.15) is 11.5 Å². The highest BCUT2D eigenvalue weighted by Crippen LogP contribution is 2.30. The normalized spacial score (nSPS) is 23.9. The Morgan fingerprint density at radius 1 is 1.59 bits per heavy atom. The number of amides is 2. The molecule has 5 N–H and O–H groups in total. The molecule has 1 aliphatic heterocycles. The summed E-state index contributed by atoms with van der Waals surface area (Å²) in [6.07, 6.45) is 0.581. The van der Waals surface area contributed by atoms with Gasteiger partial charge in [0.05, 0.1) is 5.41 Å². The van der Waals surface area contributed by atoms with Gasteiger partial charge in [-0.1, -0.05) is 0 Å². The minimum absolute atomic E-state index is 0.209. The van der Waals surface area contributed by atoms with E-state index in [0.717, 1.165) is 0 Å². The van der Waals surface area contributed by atoms with Crippen molar-refractivity contribution in [2.75, 3.05) is 18.8 Å². The number of primary amides is 1. The third-order valence-corrected chi connectivity index (χ3v) is 3.18. The lowest BCUT2D eigenvalue weighted by atomic mass is 9.89. The minimum atomic E-state index is -0.638. The van der Waals surface area contributed by atoms with Crippen LogP contribution in [0.1, 0.15) is 23.8 Å². The standard InChI is InChI=1S/C10H15N5O2/c1-10(9(12)17)2-3-15(5-10)8(16)6-4-7(11)14-13-6/h4H,2-3,5H2,1H3,(H2,12,17)(H3,11,13,14). The minimum Gasteiger partial charge on any atom is -0.382 e. The number of nitrogen functional groups attached to an aromatic ring is 1. The molecule has 0 radical (unpaired) electrons. The molecule has 7 nitrogen and oxygen atoms in total. The van der Waals surface area contributed by atoms with Gasteiger partial charge in [-0.2, -0.15) is 5.10 Å². The number of nitrogens with one attached hydrogen (secondary N) is 1. The second kappa shape index (κ2) is 3.76. The fourth-order valence-corrected chi connectivity index (χ4v) is 1.95. The lowest BCUT2D eigenvalue weighted by molar-refractivity contribution is -0.126. The summed E-state index contributed by atoms with van der Waals surface area (Å²) in [6.45, 7) is 2.61. The quantitative estimate of drug-likeness (QED) is 0.632. The molecule has 0 spiro atoms. The summed E-state index contributed by atoms with van der Waals surface area (Å²) < 4.78 is 0. The molecule has 2 heterocycles. The van der Waals surface area contributed by atoms with Gasteiger partial charge < -0.3 is 16.4 Å². The number of rotatable bonds is 2. The monoisotopic (exact) mass is 237 g/mol. The summed E-state index contributed by atoms with van der Waals surface area (Å²) in [6, 6.07) is 1.47. The van der Waals surface area contributed by atoms with Crippen LogP contribution in [-0.2, 0) is 4.79 Å². The van der Waals surface area contributed by atoms with Crippen molar-refractivity contribution in [2.24, 2.45) is 11.1 Å². The van der Waals surface area contributed by atoms with Crippen LogP contribution in [0.4, 0.5) is 5.82 Å². The summed E-state index contributed by atoms with van der Waals surface area (Å²) in [5.74, 6) is -0.318.